The van der Waals surface area contributed by atoms with Crippen LogP contribution in [-0.2, 0) is 10.0 Å². The molecule has 1 atom stereocenters. The molecule has 0 aliphatic carbocycles. The van der Waals surface area contributed by atoms with Gasteiger partial charge in [-0.05, 0) is 37.1 Å². The zero-order valence-corrected chi connectivity index (χ0v) is 18.7. The predicted octanol–water partition coefficient (Wildman–Crippen LogP) is 3.74. The molecule has 0 unspecified atom stereocenters. The Morgan fingerprint density at radius 2 is 2.06 bits per heavy atom. The summed E-state index contributed by atoms with van der Waals surface area (Å²) in [7, 11) is -3.85. The van der Waals surface area contributed by atoms with Crippen LogP contribution >= 0.6 is 23.2 Å². The molecule has 31 heavy (non-hydrogen) atoms. The van der Waals surface area contributed by atoms with Gasteiger partial charge in [-0.25, -0.2) is 17.5 Å². The molecule has 1 amide bonds. The highest BCUT2D eigenvalue weighted by atomic mass is 35.5. The molecule has 1 aliphatic rings. The van der Waals surface area contributed by atoms with Crippen LogP contribution in [0.2, 0.25) is 10.0 Å². The van der Waals surface area contributed by atoms with E-state index in [9.17, 15) is 17.6 Å². The molecule has 7 nitrogen and oxygen atoms in total. The van der Waals surface area contributed by atoms with Crippen LogP contribution in [0.5, 0.6) is 5.75 Å². The molecular weight excluding hydrogens is 468 g/mol. The number of ether oxygens (including phenoxy) is 1. The number of rotatable bonds is 6. The van der Waals surface area contributed by atoms with Gasteiger partial charge in [-0.3, -0.25) is 4.79 Å². The summed E-state index contributed by atoms with van der Waals surface area (Å²) < 4.78 is 44.2. The third kappa shape index (κ3) is 5.58. The van der Waals surface area contributed by atoms with E-state index < -0.39 is 27.3 Å². The smallest absolute Gasteiger partial charge is 0.267 e. The second-order valence-corrected chi connectivity index (χ2v) is 9.61. The van der Waals surface area contributed by atoms with Gasteiger partial charge in [0.25, 0.3) is 5.91 Å². The Morgan fingerprint density at radius 3 is 2.71 bits per heavy atom. The van der Waals surface area contributed by atoms with E-state index in [1.807, 2.05) is 12.1 Å². The minimum absolute atomic E-state index is 0.0222. The number of nitrogens with one attached hydrogen (secondary N) is 1. The van der Waals surface area contributed by atoms with Gasteiger partial charge in [0.2, 0.25) is 10.0 Å². The van der Waals surface area contributed by atoms with E-state index in [2.05, 4.69) is 4.90 Å². The Bertz CT molecular complexity index is 1170. The van der Waals surface area contributed by atoms with Crippen LogP contribution < -0.4 is 14.4 Å². The predicted molar refractivity (Wildman–Crippen MR) is 116 cm³/mol. The molecule has 0 bridgehead atoms. The maximum atomic E-state index is 14.4. The number of carbonyl (C=O) groups is 1. The van der Waals surface area contributed by atoms with Crippen molar-refractivity contribution in [2.75, 3.05) is 24.3 Å². The van der Waals surface area contributed by atoms with Crippen LogP contribution in [0.15, 0.2) is 30.3 Å². The van der Waals surface area contributed by atoms with E-state index in [4.69, 9.17) is 33.2 Å². The summed E-state index contributed by atoms with van der Waals surface area (Å²) in [6, 6.07) is 9.16. The van der Waals surface area contributed by atoms with Gasteiger partial charge in [0.1, 0.15) is 24.2 Å². The quantitative estimate of drug-likeness (QED) is 0.668. The lowest BCUT2D eigenvalue weighted by Crippen LogP contribution is -2.34. The molecule has 2 aromatic carbocycles. The van der Waals surface area contributed by atoms with Gasteiger partial charge in [0, 0.05) is 18.3 Å². The number of hydrogen-bond donors (Lipinski definition) is 1. The highest BCUT2D eigenvalue weighted by Crippen LogP contribution is 2.32. The lowest BCUT2D eigenvalue weighted by atomic mass is 10.1. The van der Waals surface area contributed by atoms with Crippen molar-refractivity contribution in [2.24, 2.45) is 0 Å². The van der Waals surface area contributed by atoms with Gasteiger partial charge in [0.15, 0.2) is 0 Å². The van der Waals surface area contributed by atoms with Crippen molar-refractivity contribution in [3.05, 3.63) is 57.3 Å². The lowest BCUT2D eigenvalue weighted by molar-refractivity contribution is 0.0977. The van der Waals surface area contributed by atoms with Gasteiger partial charge < -0.3 is 9.64 Å². The van der Waals surface area contributed by atoms with Crippen LogP contribution in [0.4, 0.5) is 10.1 Å². The highest BCUT2D eigenvalue weighted by Gasteiger charge is 2.27. The first-order valence-corrected chi connectivity index (χ1v) is 11.8. The topological polar surface area (TPSA) is 99.5 Å². The van der Waals surface area contributed by atoms with E-state index in [0.29, 0.717) is 10.6 Å². The first-order chi connectivity index (χ1) is 14.6. The number of nitrogens with zero attached hydrogens (tertiary/aromatic N) is 2. The Morgan fingerprint density at radius 1 is 1.32 bits per heavy atom. The van der Waals surface area contributed by atoms with Gasteiger partial charge in [-0.15, -0.1) is 0 Å². The van der Waals surface area contributed by atoms with Crippen molar-refractivity contribution < 1.29 is 22.3 Å². The SMILES string of the molecule is CS(=O)(=O)NC(=O)c1cc(Cl)c(OC[C@H]2CCCN2c2ccc(C#N)c(Cl)c2)cc1F. The van der Waals surface area contributed by atoms with Crippen LogP contribution in [0.3, 0.4) is 0 Å². The molecular formula is C20H18Cl2FN3O4S. The number of anilines is 1. The number of carbonyl (C=O) groups excluding carboxylic acids is 1. The molecule has 1 heterocycles. The molecule has 0 saturated carbocycles. The fraction of sp³-hybridized carbons (Fsp3) is 0.300. The largest absolute Gasteiger partial charge is 0.490 e. The first-order valence-electron chi connectivity index (χ1n) is 9.19. The van der Waals surface area contributed by atoms with Crippen molar-refractivity contribution in [3.63, 3.8) is 0 Å². The molecule has 11 heteroatoms. The van der Waals surface area contributed by atoms with Crippen molar-refractivity contribution in [1.29, 1.82) is 5.26 Å². The molecule has 164 valence electrons. The summed E-state index contributed by atoms with van der Waals surface area (Å²) in [5.41, 5.74) is 0.734. The second kappa shape index (κ2) is 9.30. The molecule has 0 aromatic heterocycles. The lowest BCUT2D eigenvalue weighted by Gasteiger charge is -2.27. The Kier molecular flexibility index (Phi) is 6.94. The summed E-state index contributed by atoms with van der Waals surface area (Å²) in [5, 5.41) is 9.37. The summed E-state index contributed by atoms with van der Waals surface area (Å²) in [6.07, 6.45) is 2.53. The number of amides is 1. The van der Waals surface area contributed by atoms with Crippen molar-refractivity contribution in [2.45, 2.75) is 18.9 Å². The van der Waals surface area contributed by atoms with E-state index in [-0.39, 0.29) is 23.4 Å². The number of sulfonamides is 1. The van der Waals surface area contributed by atoms with Crippen LogP contribution in [0.1, 0.15) is 28.8 Å². The number of hydrogen-bond acceptors (Lipinski definition) is 6. The maximum Gasteiger partial charge on any atom is 0.267 e. The van der Waals surface area contributed by atoms with Gasteiger partial charge >= 0.3 is 0 Å². The first kappa shape index (κ1) is 23.1. The van der Waals surface area contributed by atoms with Crippen LogP contribution in [0.25, 0.3) is 0 Å². The summed E-state index contributed by atoms with van der Waals surface area (Å²) in [6.45, 7) is 0.967. The van der Waals surface area contributed by atoms with Crippen LogP contribution in [0, 0.1) is 17.1 Å². The van der Waals surface area contributed by atoms with Gasteiger partial charge in [-0.2, -0.15) is 5.26 Å². The van der Waals surface area contributed by atoms with Crippen molar-refractivity contribution in [1.82, 2.24) is 4.72 Å². The zero-order chi connectivity index (χ0) is 22.8. The van der Waals surface area contributed by atoms with Crippen molar-refractivity contribution >= 4 is 44.8 Å². The molecule has 0 radical (unpaired) electrons. The van der Waals surface area contributed by atoms with Gasteiger partial charge in [-0.1, -0.05) is 23.2 Å². The van der Waals surface area contributed by atoms with E-state index >= 15 is 0 Å². The molecule has 2 aromatic rings. The molecule has 0 spiro atoms. The maximum absolute atomic E-state index is 14.4. The molecule has 3 rings (SSSR count). The van der Waals surface area contributed by atoms with Gasteiger partial charge in [0.05, 0.1) is 33.5 Å². The van der Waals surface area contributed by atoms with E-state index in [1.165, 1.54) is 0 Å². The fourth-order valence-electron chi connectivity index (χ4n) is 3.34. The number of benzene rings is 2. The zero-order valence-electron chi connectivity index (χ0n) is 16.4. The van der Waals surface area contributed by atoms with Crippen LogP contribution in [-0.4, -0.2) is 39.8 Å². The Labute approximate surface area is 189 Å². The van der Waals surface area contributed by atoms with Crippen molar-refractivity contribution in [3.8, 4) is 11.8 Å². The second-order valence-electron chi connectivity index (χ2n) is 7.04. The highest BCUT2D eigenvalue weighted by molar-refractivity contribution is 7.89. The minimum Gasteiger partial charge on any atom is -0.490 e. The molecule has 1 saturated heterocycles. The standard InChI is InChI=1S/C20H18Cl2FN3O4S/c1-31(28,29)25-20(27)15-8-17(22)19(9-18(15)23)30-11-14-3-2-6-26(14)13-5-4-12(10-24)16(21)7-13/h4-5,7-9,14H,2-3,6,11H2,1H3,(H,25,27)/t14-/m1/s1. The number of nitriles is 1. The Balaban J connectivity index is 1.73. The average Bonchev–Trinajstić information content (AvgIpc) is 3.15. The normalized spacial score (nSPS) is 16.1. The molecule has 1 N–H and O–H groups in total. The summed E-state index contributed by atoms with van der Waals surface area (Å²) in [5.74, 6) is -2.03. The Hall–Kier alpha value is -2.54. The fourth-order valence-corrected chi connectivity index (χ4v) is 4.23. The number of halogens is 3. The molecule has 1 aliphatic heterocycles. The third-order valence-electron chi connectivity index (χ3n) is 4.76. The van der Waals surface area contributed by atoms with E-state index in [0.717, 1.165) is 43.5 Å². The van der Waals surface area contributed by atoms with E-state index in [1.54, 1.807) is 16.9 Å². The minimum atomic E-state index is -3.85. The average molecular weight is 486 g/mol. The third-order valence-corrected chi connectivity index (χ3v) is 5.92. The monoisotopic (exact) mass is 485 g/mol. The summed E-state index contributed by atoms with van der Waals surface area (Å²) >= 11 is 12.3. The summed E-state index contributed by atoms with van der Waals surface area (Å²) in [4.78, 5) is 14.0. The molecule has 1 fully saturated rings.